The van der Waals surface area contributed by atoms with Gasteiger partial charge in [0.25, 0.3) is 0 Å². The van der Waals surface area contributed by atoms with Crippen molar-refractivity contribution in [3.8, 4) is 33.4 Å². The average molecular weight is 813 g/mol. The van der Waals surface area contributed by atoms with E-state index < -0.39 is 0 Å². The topological polar surface area (TPSA) is 0 Å². The van der Waals surface area contributed by atoms with E-state index in [9.17, 15) is 0 Å². The van der Waals surface area contributed by atoms with E-state index in [1.807, 2.05) is 0 Å². The fourth-order valence-corrected chi connectivity index (χ4v) is 13.5. The second kappa shape index (κ2) is 11.8. The SMILES string of the molecule is CC1(C)c2cc3c(cc2-c2c1cc(C1=C4C=CC5=CC=CC6=CC=C(C=C1)C4C56)c1ccccc21)C(C)(C)c1cc(-c2ccc4ccc5cccc6ccc2c4c56)c2ccccc2c1-3. The lowest BCUT2D eigenvalue weighted by Crippen LogP contribution is -2.29. The molecule has 9 aromatic carbocycles. The molecule has 0 fully saturated rings. The van der Waals surface area contributed by atoms with Gasteiger partial charge in [0.2, 0.25) is 0 Å². The molecule has 9 aromatic rings. The molecular formula is C64H44. The molecule has 0 spiro atoms. The van der Waals surface area contributed by atoms with Gasteiger partial charge in [-0.25, -0.2) is 0 Å². The summed E-state index contributed by atoms with van der Waals surface area (Å²) in [6, 6.07) is 49.5. The predicted molar refractivity (Wildman–Crippen MR) is 271 cm³/mol. The highest BCUT2D eigenvalue weighted by Crippen LogP contribution is 2.61. The summed E-state index contributed by atoms with van der Waals surface area (Å²) in [5, 5.41) is 13.3. The van der Waals surface area contributed by atoms with E-state index in [4.69, 9.17) is 0 Å². The van der Waals surface area contributed by atoms with Crippen LogP contribution in [0.2, 0.25) is 0 Å². The molecule has 2 unspecified atom stereocenters. The molecule has 0 nitrogen and oxygen atoms in total. The Hall–Kier alpha value is -7.28. The maximum absolute atomic E-state index is 2.61. The number of fused-ring (bicyclic) bond motifs is 10. The van der Waals surface area contributed by atoms with Crippen LogP contribution in [-0.4, -0.2) is 0 Å². The molecule has 64 heavy (non-hydrogen) atoms. The third-order valence-corrected chi connectivity index (χ3v) is 16.6. The van der Waals surface area contributed by atoms with Gasteiger partial charge in [0.1, 0.15) is 0 Å². The van der Waals surface area contributed by atoms with Crippen molar-refractivity contribution >= 4 is 59.4 Å². The number of allylic oxidation sites excluding steroid dienone is 14. The number of benzene rings is 9. The number of hydrogen-bond donors (Lipinski definition) is 0. The van der Waals surface area contributed by atoms with Gasteiger partial charge in [-0.05, 0) is 167 Å². The molecular weight excluding hydrogens is 769 g/mol. The Morgan fingerprint density at radius 3 is 1.58 bits per heavy atom. The van der Waals surface area contributed by atoms with Gasteiger partial charge in [-0.1, -0.05) is 186 Å². The molecule has 0 saturated heterocycles. The average Bonchev–Trinajstić information content (AvgIpc) is 3.69. The predicted octanol–water partition coefficient (Wildman–Crippen LogP) is 16.7. The molecule has 300 valence electrons. The van der Waals surface area contributed by atoms with Crippen LogP contribution in [-0.2, 0) is 10.8 Å². The van der Waals surface area contributed by atoms with Gasteiger partial charge in [0.15, 0.2) is 0 Å². The van der Waals surface area contributed by atoms with Crippen molar-refractivity contribution in [2.75, 3.05) is 0 Å². The van der Waals surface area contributed by atoms with E-state index in [0.29, 0.717) is 11.8 Å². The van der Waals surface area contributed by atoms with Crippen LogP contribution in [0.15, 0.2) is 204 Å². The minimum Gasteiger partial charge on any atom is -0.0617 e. The maximum atomic E-state index is 2.61. The van der Waals surface area contributed by atoms with Crippen LogP contribution in [0.4, 0.5) is 0 Å². The summed E-state index contributed by atoms with van der Waals surface area (Å²) < 4.78 is 0. The van der Waals surface area contributed by atoms with Gasteiger partial charge in [0.05, 0.1) is 0 Å². The van der Waals surface area contributed by atoms with Gasteiger partial charge in [-0.2, -0.15) is 0 Å². The van der Waals surface area contributed by atoms with Crippen molar-refractivity contribution in [3.63, 3.8) is 0 Å². The minimum absolute atomic E-state index is 0.204. The standard InChI is InChI=1S/C64H44/c1-63(2)53-33-52-54(34-51(53)61-45-17-7-5-15-41(45)49(31-55(61)63)43-27-23-39-21-19-35-11-9-13-37-25-29-47(43)59(39)57(35)37)64(3,4)56-32-50(42-16-6-8-18-46(42)62(52)56)44-28-24-40-22-20-36-12-10-14-38-26-30-48(44)60(40)58(36)38/h5-34,57,59H,1-4H3. The molecule has 0 heteroatoms. The molecule has 0 aliphatic heterocycles. The molecule has 15 rings (SSSR count). The van der Waals surface area contributed by atoms with Crippen LogP contribution in [0.25, 0.3) is 92.8 Å². The summed E-state index contributed by atoms with van der Waals surface area (Å²) in [5.41, 5.74) is 21.9. The van der Waals surface area contributed by atoms with Crippen molar-refractivity contribution in [2.24, 2.45) is 11.8 Å². The van der Waals surface area contributed by atoms with E-state index in [1.54, 1.807) is 0 Å². The van der Waals surface area contributed by atoms with E-state index in [0.717, 1.165) is 0 Å². The van der Waals surface area contributed by atoms with E-state index in [-0.39, 0.29) is 10.8 Å². The fourth-order valence-electron chi connectivity index (χ4n) is 13.5. The van der Waals surface area contributed by atoms with Crippen molar-refractivity contribution < 1.29 is 0 Å². The molecule has 0 bridgehead atoms. The lowest BCUT2D eigenvalue weighted by molar-refractivity contribution is 0.566. The molecule has 0 radical (unpaired) electrons. The first-order chi connectivity index (χ1) is 31.3. The van der Waals surface area contributed by atoms with Crippen LogP contribution in [0.5, 0.6) is 0 Å². The monoisotopic (exact) mass is 812 g/mol. The van der Waals surface area contributed by atoms with Crippen molar-refractivity contribution in [1.29, 1.82) is 0 Å². The van der Waals surface area contributed by atoms with E-state index >= 15 is 0 Å². The Kier molecular flexibility index (Phi) is 6.51. The molecule has 6 aliphatic rings. The largest absolute Gasteiger partial charge is 0.0617 e. The number of rotatable bonds is 2. The minimum atomic E-state index is -0.211. The van der Waals surface area contributed by atoms with Gasteiger partial charge >= 0.3 is 0 Å². The third-order valence-electron chi connectivity index (χ3n) is 16.6. The maximum Gasteiger partial charge on any atom is 0.0205 e. The summed E-state index contributed by atoms with van der Waals surface area (Å²) in [6.45, 7) is 9.87. The van der Waals surface area contributed by atoms with Crippen LogP contribution >= 0.6 is 0 Å². The first-order valence-corrected chi connectivity index (χ1v) is 23.2. The lowest BCUT2D eigenvalue weighted by atomic mass is 9.63. The molecule has 0 heterocycles. The molecule has 0 N–H and O–H groups in total. The third kappa shape index (κ3) is 4.25. The first kappa shape index (κ1) is 35.2. The van der Waals surface area contributed by atoms with Gasteiger partial charge in [-0.15, -0.1) is 0 Å². The van der Waals surface area contributed by atoms with Gasteiger partial charge in [-0.3, -0.25) is 0 Å². The highest BCUT2D eigenvalue weighted by Gasteiger charge is 2.44. The van der Waals surface area contributed by atoms with Crippen molar-refractivity contribution in [2.45, 2.75) is 38.5 Å². The van der Waals surface area contributed by atoms with Crippen LogP contribution < -0.4 is 0 Å². The summed E-state index contributed by atoms with van der Waals surface area (Å²) in [7, 11) is 0. The zero-order chi connectivity index (χ0) is 42.4. The summed E-state index contributed by atoms with van der Waals surface area (Å²) in [6.07, 6.45) is 21.1. The fraction of sp³-hybridized carbons (Fsp3) is 0.125. The van der Waals surface area contributed by atoms with Crippen molar-refractivity contribution in [3.05, 3.63) is 232 Å². The molecule has 0 amide bonds. The normalized spacial score (nSPS) is 20.2. The highest BCUT2D eigenvalue weighted by molar-refractivity contribution is 6.26. The Labute approximate surface area is 373 Å². The molecule has 0 aromatic heterocycles. The first-order valence-electron chi connectivity index (χ1n) is 23.2. The van der Waals surface area contributed by atoms with Crippen LogP contribution in [0, 0.1) is 11.8 Å². The Morgan fingerprint density at radius 1 is 0.359 bits per heavy atom. The summed E-state index contributed by atoms with van der Waals surface area (Å²) in [4.78, 5) is 0. The number of hydrogen-bond acceptors (Lipinski definition) is 0. The Morgan fingerprint density at radius 2 is 0.891 bits per heavy atom. The van der Waals surface area contributed by atoms with Crippen molar-refractivity contribution in [1.82, 2.24) is 0 Å². The lowest BCUT2D eigenvalue weighted by Gasteiger charge is -2.40. The Balaban J connectivity index is 0.936. The Bertz CT molecular complexity index is 3920. The zero-order valence-corrected chi connectivity index (χ0v) is 36.5. The van der Waals surface area contributed by atoms with Crippen LogP contribution in [0.1, 0.15) is 55.5 Å². The quantitative estimate of drug-likeness (QED) is 0.153. The molecule has 0 saturated carbocycles. The molecule has 2 atom stereocenters. The second-order valence-electron chi connectivity index (χ2n) is 20.3. The summed E-state index contributed by atoms with van der Waals surface area (Å²) >= 11 is 0. The van der Waals surface area contributed by atoms with Gasteiger partial charge in [0, 0.05) is 22.7 Å². The smallest absolute Gasteiger partial charge is 0.0205 e. The highest BCUT2D eigenvalue weighted by atomic mass is 14.5. The van der Waals surface area contributed by atoms with Gasteiger partial charge < -0.3 is 0 Å². The summed E-state index contributed by atoms with van der Waals surface area (Å²) in [5.74, 6) is 0.723. The van der Waals surface area contributed by atoms with E-state index in [2.05, 4.69) is 210 Å². The van der Waals surface area contributed by atoms with E-state index in [1.165, 1.54) is 143 Å². The van der Waals surface area contributed by atoms with Crippen LogP contribution in [0.3, 0.4) is 0 Å². The zero-order valence-electron chi connectivity index (χ0n) is 36.5. The second-order valence-corrected chi connectivity index (χ2v) is 20.3. The molecule has 6 aliphatic carbocycles.